The Bertz CT molecular complexity index is 1020. The van der Waals surface area contributed by atoms with E-state index in [-0.39, 0.29) is 29.5 Å². The summed E-state index contributed by atoms with van der Waals surface area (Å²) in [4.78, 5) is 15.2. The minimum atomic E-state index is -0.379. The molecule has 2 bridgehead atoms. The molecule has 5 heteroatoms. The fourth-order valence-corrected chi connectivity index (χ4v) is 6.04. The summed E-state index contributed by atoms with van der Waals surface area (Å²) in [5.41, 5.74) is 4.55. The van der Waals surface area contributed by atoms with Gasteiger partial charge in [-0.3, -0.25) is 4.90 Å². The lowest BCUT2D eigenvalue weighted by atomic mass is 9.85. The molecule has 2 aromatic carbocycles. The standard InChI is InChI=1S/C28H35FN2O2/c1-4-5-18-6-8-19(9-7-18)22-14-21-16-28(2,3)26(23(21)15-24(22)29)30-27(32)33-25-17-31-12-10-20(25)11-13-31/h6-9,14-15,20,25-26H,4-5,10-13,16-17H2,1-3H3,(H,30,32)/t25-,26-/m0/s1. The summed E-state index contributed by atoms with van der Waals surface area (Å²) in [5.74, 6) is 0.223. The van der Waals surface area contributed by atoms with Crippen LogP contribution < -0.4 is 5.32 Å². The molecule has 0 unspecified atom stereocenters. The van der Waals surface area contributed by atoms with Gasteiger partial charge in [0.05, 0.1) is 6.04 Å². The second-order valence-electron chi connectivity index (χ2n) is 10.8. The first-order valence-corrected chi connectivity index (χ1v) is 12.4. The van der Waals surface area contributed by atoms with Crippen LogP contribution >= 0.6 is 0 Å². The summed E-state index contributed by atoms with van der Waals surface area (Å²) in [6, 6.07) is 11.5. The topological polar surface area (TPSA) is 41.6 Å². The molecular weight excluding hydrogens is 415 g/mol. The number of benzene rings is 2. The van der Waals surface area contributed by atoms with Crippen LogP contribution in [0.2, 0.25) is 0 Å². The molecule has 0 aromatic heterocycles. The lowest BCUT2D eigenvalue weighted by Gasteiger charge is -2.44. The zero-order chi connectivity index (χ0) is 23.2. The second kappa shape index (κ2) is 8.75. The summed E-state index contributed by atoms with van der Waals surface area (Å²) in [7, 11) is 0. The van der Waals surface area contributed by atoms with Crippen molar-refractivity contribution in [1.82, 2.24) is 10.2 Å². The first-order chi connectivity index (χ1) is 15.8. The van der Waals surface area contributed by atoms with Crippen molar-refractivity contribution in [3.05, 3.63) is 58.9 Å². The maximum Gasteiger partial charge on any atom is 0.407 e. The third-order valence-electron chi connectivity index (χ3n) is 7.89. The summed E-state index contributed by atoms with van der Waals surface area (Å²) in [6.07, 6.45) is 4.70. The van der Waals surface area contributed by atoms with Gasteiger partial charge in [-0.05, 0) is 84.5 Å². The van der Waals surface area contributed by atoms with Crippen molar-refractivity contribution in [2.45, 2.75) is 65.0 Å². The number of piperidine rings is 3. The van der Waals surface area contributed by atoms with Crippen LogP contribution in [-0.2, 0) is 17.6 Å². The van der Waals surface area contributed by atoms with Gasteiger partial charge in [-0.1, -0.05) is 51.5 Å². The third kappa shape index (κ3) is 4.40. The lowest BCUT2D eigenvalue weighted by molar-refractivity contribution is -0.0349. The van der Waals surface area contributed by atoms with Gasteiger partial charge in [-0.2, -0.15) is 0 Å². The van der Waals surface area contributed by atoms with Crippen LogP contribution in [0.5, 0.6) is 0 Å². The maximum absolute atomic E-state index is 15.3. The highest BCUT2D eigenvalue weighted by Gasteiger charge is 2.42. The van der Waals surface area contributed by atoms with Crippen LogP contribution in [0.1, 0.15) is 62.8 Å². The molecule has 4 nitrogen and oxygen atoms in total. The van der Waals surface area contributed by atoms with Crippen molar-refractivity contribution < 1.29 is 13.9 Å². The molecule has 1 amide bonds. The highest BCUT2D eigenvalue weighted by molar-refractivity contribution is 5.70. The van der Waals surface area contributed by atoms with E-state index in [1.54, 1.807) is 6.07 Å². The molecule has 0 radical (unpaired) electrons. The molecule has 3 aliphatic heterocycles. The molecule has 176 valence electrons. The van der Waals surface area contributed by atoms with Gasteiger partial charge in [0.2, 0.25) is 0 Å². The Balaban J connectivity index is 1.34. The largest absolute Gasteiger partial charge is 0.445 e. The van der Waals surface area contributed by atoms with Crippen LogP contribution in [0.4, 0.5) is 9.18 Å². The number of alkyl carbamates (subject to hydrolysis) is 1. The van der Waals surface area contributed by atoms with Gasteiger partial charge < -0.3 is 10.1 Å². The average molecular weight is 451 g/mol. The number of fused-ring (bicyclic) bond motifs is 4. The average Bonchev–Trinajstić information content (AvgIpc) is 3.03. The fourth-order valence-electron chi connectivity index (χ4n) is 6.04. The van der Waals surface area contributed by atoms with Crippen LogP contribution in [0.25, 0.3) is 11.1 Å². The molecule has 3 saturated heterocycles. The Labute approximate surface area is 196 Å². The Hall–Kier alpha value is -2.40. The van der Waals surface area contributed by atoms with Crippen LogP contribution in [-0.4, -0.2) is 36.7 Å². The van der Waals surface area contributed by atoms with Gasteiger partial charge in [0.1, 0.15) is 11.9 Å². The molecule has 4 aliphatic rings. The van der Waals surface area contributed by atoms with Crippen molar-refractivity contribution in [3.8, 4) is 11.1 Å². The van der Waals surface area contributed by atoms with Gasteiger partial charge >= 0.3 is 6.09 Å². The SMILES string of the molecule is CCCc1ccc(-c2cc3c(cc2F)[C@H](NC(=O)O[C@H]2CN4CCC2CC4)C(C)(C)C3)cc1. The normalized spacial score (nSPS) is 27.3. The molecule has 0 spiro atoms. The van der Waals surface area contributed by atoms with Gasteiger partial charge in [0, 0.05) is 12.1 Å². The van der Waals surface area contributed by atoms with Crippen molar-refractivity contribution in [2.24, 2.45) is 11.3 Å². The zero-order valence-electron chi connectivity index (χ0n) is 20.0. The summed E-state index contributed by atoms with van der Waals surface area (Å²) >= 11 is 0. The van der Waals surface area contributed by atoms with E-state index in [9.17, 15) is 4.79 Å². The molecule has 3 heterocycles. The number of nitrogens with one attached hydrogen (secondary N) is 1. The highest BCUT2D eigenvalue weighted by Crippen LogP contribution is 2.47. The smallest absolute Gasteiger partial charge is 0.407 e. The number of rotatable bonds is 5. The number of nitrogens with zero attached hydrogens (tertiary/aromatic N) is 1. The fraction of sp³-hybridized carbons (Fsp3) is 0.536. The Kier molecular flexibility index (Phi) is 5.94. The molecule has 6 rings (SSSR count). The van der Waals surface area contributed by atoms with Gasteiger partial charge in [0.15, 0.2) is 0 Å². The van der Waals surface area contributed by atoms with Gasteiger partial charge in [-0.25, -0.2) is 9.18 Å². The lowest BCUT2D eigenvalue weighted by Crippen LogP contribution is -2.53. The van der Waals surface area contributed by atoms with Crippen molar-refractivity contribution in [1.29, 1.82) is 0 Å². The first kappa shape index (κ1) is 22.4. The summed E-state index contributed by atoms with van der Waals surface area (Å²) in [5, 5.41) is 3.09. The predicted molar refractivity (Wildman–Crippen MR) is 129 cm³/mol. The van der Waals surface area contributed by atoms with E-state index in [0.717, 1.165) is 68.4 Å². The Morgan fingerprint density at radius 3 is 2.55 bits per heavy atom. The van der Waals surface area contributed by atoms with E-state index in [4.69, 9.17) is 4.74 Å². The molecule has 0 saturated carbocycles. The summed E-state index contributed by atoms with van der Waals surface area (Å²) < 4.78 is 21.1. The monoisotopic (exact) mass is 450 g/mol. The number of hydrogen-bond donors (Lipinski definition) is 1. The molecular formula is C28H35FN2O2. The van der Waals surface area contributed by atoms with Crippen LogP contribution in [0, 0.1) is 17.2 Å². The maximum atomic E-state index is 15.3. The number of aryl methyl sites for hydroxylation is 1. The van der Waals surface area contributed by atoms with E-state index in [0.29, 0.717) is 11.5 Å². The number of hydrogen-bond acceptors (Lipinski definition) is 3. The first-order valence-electron chi connectivity index (χ1n) is 12.4. The number of ether oxygens (including phenoxy) is 1. The predicted octanol–water partition coefficient (Wildman–Crippen LogP) is 5.89. The van der Waals surface area contributed by atoms with Crippen molar-refractivity contribution >= 4 is 6.09 Å². The molecule has 2 aromatic rings. The Morgan fingerprint density at radius 1 is 1.18 bits per heavy atom. The zero-order valence-corrected chi connectivity index (χ0v) is 20.0. The van der Waals surface area contributed by atoms with Crippen LogP contribution in [0.15, 0.2) is 36.4 Å². The number of carbonyl (C=O) groups is 1. The summed E-state index contributed by atoms with van der Waals surface area (Å²) in [6.45, 7) is 9.47. The quantitative estimate of drug-likeness (QED) is 0.618. The number of carbonyl (C=O) groups excluding carboxylic acids is 1. The van der Waals surface area contributed by atoms with Gasteiger partial charge in [0.25, 0.3) is 0 Å². The highest BCUT2D eigenvalue weighted by atomic mass is 19.1. The van der Waals surface area contributed by atoms with Crippen molar-refractivity contribution in [2.75, 3.05) is 19.6 Å². The van der Waals surface area contributed by atoms with Crippen LogP contribution in [0.3, 0.4) is 0 Å². The van der Waals surface area contributed by atoms with E-state index in [1.807, 2.05) is 18.2 Å². The molecule has 2 atom stereocenters. The van der Waals surface area contributed by atoms with Crippen molar-refractivity contribution in [3.63, 3.8) is 0 Å². The molecule has 1 aliphatic carbocycles. The molecule has 1 N–H and O–H groups in total. The molecule has 33 heavy (non-hydrogen) atoms. The third-order valence-corrected chi connectivity index (χ3v) is 7.89. The minimum Gasteiger partial charge on any atom is -0.445 e. The number of amides is 1. The number of halogens is 1. The molecule has 3 fully saturated rings. The van der Waals surface area contributed by atoms with E-state index in [1.165, 1.54) is 5.56 Å². The second-order valence-corrected chi connectivity index (χ2v) is 10.8. The minimum absolute atomic E-state index is 0.0359. The Morgan fingerprint density at radius 2 is 1.91 bits per heavy atom. The van der Waals surface area contributed by atoms with E-state index >= 15 is 4.39 Å². The van der Waals surface area contributed by atoms with E-state index < -0.39 is 0 Å². The van der Waals surface area contributed by atoms with Gasteiger partial charge in [-0.15, -0.1) is 0 Å². The van der Waals surface area contributed by atoms with E-state index in [2.05, 4.69) is 43.1 Å².